The Morgan fingerprint density at radius 2 is 2.00 bits per heavy atom. The van der Waals surface area contributed by atoms with E-state index in [9.17, 15) is 0 Å². The van der Waals surface area contributed by atoms with Gasteiger partial charge in [0.15, 0.2) is 0 Å². The summed E-state index contributed by atoms with van der Waals surface area (Å²) in [5, 5.41) is 0. The van der Waals surface area contributed by atoms with Gasteiger partial charge in [-0.15, -0.1) is 11.3 Å². The van der Waals surface area contributed by atoms with Crippen LogP contribution in [0.2, 0.25) is 0 Å². The van der Waals surface area contributed by atoms with Crippen LogP contribution in [-0.4, -0.2) is 18.8 Å². The molecule has 1 aromatic rings. The Balaban J connectivity index is 2.07. The zero-order valence-corrected chi connectivity index (χ0v) is 11.8. The number of ether oxygens (including phenoxy) is 2. The summed E-state index contributed by atoms with van der Waals surface area (Å²) in [6, 6.07) is 4.11. The fraction of sp³-hybridized carbons (Fsp3) is 0.636. The molecule has 0 amide bonds. The summed E-state index contributed by atoms with van der Waals surface area (Å²) in [6.07, 6.45) is 0. The van der Waals surface area contributed by atoms with Crippen molar-refractivity contribution < 1.29 is 9.47 Å². The van der Waals surface area contributed by atoms with Crippen LogP contribution in [0.15, 0.2) is 15.9 Å². The standard InChI is InChI=1S/C11H17BrO2S/c1-11(2,3)14-7-6-13-8-9-4-5-10(12)15-9/h4-5H,6-8H2,1-3H3. The van der Waals surface area contributed by atoms with E-state index < -0.39 is 0 Å². The Morgan fingerprint density at radius 1 is 1.27 bits per heavy atom. The van der Waals surface area contributed by atoms with Crippen LogP contribution >= 0.6 is 27.3 Å². The fourth-order valence-corrected chi connectivity index (χ4v) is 2.43. The molecule has 0 N–H and O–H groups in total. The zero-order valence-electron chi connectivity index (χ0n) is 9.38. The zero-order chi connectivity index (χ0) is 11.3. The average Bonchev–Trinajstić information content (AvgIpc) is 2.49. The highest BCUT2D eigenvalue weighted by atomic mass is 79.9. The second kappa shape index (κ2) is 5.99. The molecule has 4 heteroatoms. The molecular weight excluding hydrogens is 276 g/mol. The van der Waals surface area contributed by atoms with Gasteiger partial charge in [0, 0.05) is 4.88 Å². The molecule has 0 aliphatic carbocycles. The molecule has 0 radical (unpaired) electrons. The lowest BCUT2D eigenvalue weighted by Crippen LogP contribution is -2.21. The first kappa shape index (κ1) is 13.2. The quantitative estimate of drug-likeness (QED) is 0.768. The van der Waals surface area contributed by atoms with Crippen molar-refractivity contribution in [2.45, 2.75) is 33.0 Å². The van der Waals surface area contributed by atoms with E-state index in [0.29, 0.717) is 19.8 Å². The monoisotopic (exact) mass is 292 g/mol. The van der Waals surface area contributed by atoms with Gasteiger partial charge in [-0.25, -0.2) is 0 Å². The van der Waals surface area contributed by atoms with E-state index in [1.165, 1.54) is 4.88 Å². The lowest BCUT2D eigenvalue weighted by atomic mass is 10.2. The van der Waals surface area contributed by atoms with Crippen molar-refractivity contribution in [3.05, 3.63) is 20.8 Å². The second-order valence-corrected chi connectivity index (χ2v) is 6.77. The van der Waals surface area contributed by atoms with Gasteiger partial charge in [0.1, 0.15) is 0 Å². The van der Waals surface area contributed by atoms with Crippen LogP contribution in [0, 0.1) is 0 Å². The molecule has 0 saturated heterocycles. The van der Waals surface area contributed by atoms with Gasteiger partial charge in [0.05, 0.1) is 29.2 Å². The van der Waals surface area contributed by atoms with E-state index in [1.807, 2.05) is 26.8 Å². The molecule has 0 atom stereocenters. The van der Waals surface area contributed by atoms with Gasteiger partial charge in [-0.3, -0.25) is 0 Å². The average molecular weight is 293 g/mol. The van der Waals surface area contributed by atoms with Gasteiger partial charge < -0.3 is 9.47 Å². The molecule has 0 aliphatic heterocycles. The van der Waals surface area contributed by atoms with Gasteiger partial charge in [0.2, 0.25) is 0 Å². The van der Waals surface area contributed by atoms with Gasteiger partial charge in [-0.2, -0.15) is 0 Å². The van der Waals surface area contributed by atoms with E-state index in [2.05, 4.69) is 22.0 Å². The normalized spacial score (nSPS) is 12.0. The predicted octanol–water partition coefficient (Wildman–Crippen LogP) is 3.84. The van der Waals surface area contributed by atoms with Crippen LogP contribution in [0.4, 0.5) is 0 Å². The first-order valence-electron chi connectivity index (χ1n) is 4.93. The molecule has 0 aliphatic rings. The number of hydrogen-bond donors (Lipinski definition) is 0. The van der Waals surface area contributed by atoms with Crippen molar-refractivity contribution in [2.75, 3.05) is 13.2 Å². The molecule has 2 nitrogen and oxygen atoms in total. The van der Waals surface area contributed by atoms with Gasteiger partial charge >= 0.3 is 0 Å². The van der Waals surface area contributed by atoms with Gasteiger partial charge in [-0.05, 0) is 48.8 Å². The Labute approximate surface area is 104 Å². The van der Waals surface area contributed by atoms with Gasteiger partial charge in [0.25, 0.3) is 0 Å². The minimum atomic E-state index is -0.0741. The molecule has 15 heavy (non-hydrogen) atoms. The van der Waals surface area contributed by atoms with E-state index >= 15 is 0 Å². The van der Waals surface area contributed by atoms with Crippen molar-refractivity contribution in [1.29, 1.82) is 0 Å². The van der Waals surface area contributed by atoms with Crippen molar-refractivity contribution >= 4 is 27.3 Å². The van der Waals surface area contributed by atoms with E-state index in [1.54, 1.807) is 11.3 Å². The van der Waals surface area contributed by atoms with Crippen LogP contribution < -0.4 is 0 Å². The molecule has 0 fully saturated rings. The second-order valence-electron chi connectivity index (χ2n) is 4.22. The minimum Gasteiger partial charge on any atom is -0.374 e. The molecular formula is C11H17BrO2S. The van der Waals surface area contributed by atoms with Crippen molar-refractivity contribution in [2.24, 2.45) is 0 Å². The third-order valence-corrected chi connectivity index (χ3v) is 3.23. The van der Waals surface area contributed by atoms with Crippen molar-refractivity contribution in [3.63, 3.8) is 0 Å². The summed E-state index contributed by atoms with van der Waals surface area (Å²) >= 11 is 5.12. The highest BCUT2D eigenvalue weighted by molar-refractivity contribution is 9.11. The van der Waals surface area contributed by atoms with Crippen LogP contribution in [0.3, 0.4) is 0 Å². The van der Waals surface area contributed by atoms with E-state index in [4.69, 9.17) is 9.47 Å². The maximum absolute atomic E-state index is 5.54. The summed E-state index contributed by atoms with van der Waals surface area (Å²) in [5.74, 6) is 0. The SMILES string of the molecule is CC(C)(C)OCCOCc1ccc(Br)s1. The number of halogens is 1. The minimum absolute atomic E-state index is 0.0741. The number of hydrogen-bond acceptors (Lipinski definition) is 3. The molecule has 1 heterocycles. The summed E-state index contributed by atoms with van der Waals surface area (Å²) in [4.78, 5) is 1.23. The Hall–Kier alpha value is 0.1000. The fourth-order valence-electron chi connectivity index (χ4n) is 1.01. The van der Waals surface area contributed by atoms with Crippen LogP contribution in [0.1, 0.15) is 25.6 Å². The highest BCUT2D eigenvalue weighted by Crippen LogP contribution is 2.22. The molecule has 0 bridgehead atoms. The third-order valence-electron chi connectivity index (χ3n) is 1.64. The molecule has 1 aromatic heterocycles. The van der Waals surface area contributed by atoms with Crippen LogP contribution in [0.5, 0.6) is 0 Å². The summed E-state index contributed by atoms with van der Waals surface area (Å²) in [5.41, 5.74) is -0.0741. The maximum Gasteiger partial charge on any atom is 0.0810 e. The highest BCUT2D eigenvalue weighted by Gasteiger charge is 2.08. The van der Waals surface area contributed by atoms with Crippen LogP contribution in [-0.2, 0) is 16.1 Å². The molecule has 0 saturated carbocycles. The van der Waals surface area contributed by atoms with Crippen LogP contribution in [0.25, 0.3) is 0 Å². The van der Waals surface area contributed by atoms with Crippen molar-refractivity contribution in [1.82, 2.24) is 0 Å². The van der Waals surface area contributed by atoms with Crippen molar-refractivity contribution in [3.8, 4) is 0 Å². The summed E-state index contributed by atoms with van der Waals surface area (Å²) in [7, 11) is 0. The largest absolute Gasteiger partial charge is 0.374 e. The predicted molar refractivity (Wildman–Crippen MR) is 67.4 cm³/mol. The lowest BCUT2D eigenvalue weighted by Gasteiger charge is -2.19. The molecule has 0 unspecified atom stereocenters. The number of rotatable bonds is 5. The Morgan fingerprint density at radius 3 is 2.53 bits per heavy atom. The first-order chi connectivity index (χ1) is 6.97. The number of thiophene rings is 1. The Bertz CT molecular complexity index is 291. The maximum atomic E-state index is 5.54. The molecule has 0 spiro atoms. The first-order valence-corrected chi connectivity index (χ1v) is 6.54. The Kier molecular flexibility index (Phi) is 5.26. The smallest absolute Gasteiger partial charge is 0.0810 e. The van der Waals surface area contributed by atoms with Gasteiger partial charge in [-0.1, -0.05) is 0 Å². The van der Waals surface area contributed by atoms with E-state index in [-0.39, 0.29) is 5.60 Å². The third kappa shape index (κ3) is 6.30. The summed E-state index contributed by atoms with van der Waals surface area (Å²) in [6.45, 7) is 8.10. The molecule has 1 rings (SSSR count). The topological polar surface area (TPSA) is 18.5 Å². The molecule has 0 aromatic carbocycles. The lowest BCUT2D eigenvalue weighted by molar-refractivity contribution is -0.0373. The van der Waals surface area contributed by atoms with E-state index in [0.717, 1.165) is 3.79 Å². The molecule has 86 valence electrons. The summed E-state index contributed by atoms with van der Waals surface area (Å²) < 4.78 is 12.2.